The molecule has 1 N–H and O–H groups in total. The highest BCUT2D eigenvalue weighted by Gasteiger charge is 2.28. The van der Waals surface area contributed by atoms with Crippen molar-refractivity contribution in [1.29, 1.82) is 0 Å². The lowest BCUT2D eigenvalue weighted by atomic mass is 10.0. The fourth-order valence-corrected chi connectivity index (χ4v) is 3.68. The summed E-state index contributed by atoms with van der Waals surface area (Å²) in [5.41, 5.74) is 5.48. The number of carbonyl (C=O) groups is 2. The van der Waals surface area contributed by atoms with Crippen molar-refractivity contribution in [2.45, 2.75) is 67.0 Å². The molecule has 0 saturated heterocycles. The number of hydrogen-bond acceptors (Lipinski definition) is 2. The first-order chi connectivity index (χ1) is 14.2. The first kappa shape index (κ1) is 23.7. The topological polar surface area (TPSA) is 49.4 Å². The van der Waals surface area contributed by atoms with Crippen molar-refractivity contribution in [2.24, 2.45) is 5.92 Å². The zero-order valence-corrected chi connectivity index (χ0v) is 19.3. The Kier molecular flexibility index (Phi) is 8.64. The van der Waals surface area contributed by atoms with E-state index in [2.05, 4.69) is 37.4 Å². The largest absolute Gasteiger partial charge is 0.354 e. The molecule has 2 rings (SSSR count). The summed E-state index contributed by atoms with van der Waals surface area (Å²) >= 11 is 0. The van der Waals surface area contributed by atoms with Crippen molar-refractivity contribution < 1.29 is 9.59 Å². The number of amides is 2. The Morgan fingerprint density at radius 3 is 2.03 bits per heavy atom. The van der Waals surface area contributed by atoms with Crippen molar-refractivity contribution in [3.63, 3.8) is 0 Å². The van der Waals surface area contributed by atoms with Crippen molar-refractivity contribution in [1.82, 2.24) is 10.2 Å². The van der Waals surface area contributed by atoms with Gasteiger partial charge >= 0.3 is 0 Å². The lowest BCUT2D eigenvalue weighted by Crippen LogP contribution is -2.50. The predicted molar refractivity (Wildman–Crippen MR) is 123 cm³/mol. The molecule has 0 saturated carbocycles. The molecular formula is C26H36N2O2. The molecule has 0 unspecified atom stereocenters. The second-order valence-electron chi connectivity index (χ2n) is 8.74. The Balaban J connectivity index is 2.29. The number of rotatable bonds is 9. The molecule has 0 aliphatic carbocycles. The van der Waals surface area contributed by atoms with Crippen LogP contribution in [0.5, 0.6) is 0 Å². The Bertz CT molecular complexity index is 836. The van der Waals surface area contributed by atoms with Gasteiger partial charge in [-0.15, -0.1) is 0 Å². The monoisotopic (exact) mass is 408 g/mol. The van der Waals surface area contributed by atoms with Gasteiger partial charge in [-0.3, -0.25) is 9.59 Å². The fourth-order valence-electron chi connectivity index (χ4n) is 3.68. The number of nitrogens with zero attached hydrogens (tertiary/aromatic N) is 1. The third kappa shape index (κ3) is 7.01. The van der Waals surface area contributed by atoms with E-state index >= 15 is 0 Å². The highest BCUT2D eigenvalue weighted by Crippen LogP contribution is 2.17. The molecule has 2 amide bonds. The van der Waals surface area contributed by atoms with Crippen LogP contribution >= 0.6 is 0 Å². The average molecular weight is 409 g/mol. The molecule has 0 spiro atoms. The molecule has 0 aliphatic heterocycles. The number of benzene rings is 2. The van der Waals surface area contributed by atoms with E-state index in [9.17, 15) is 9.59 Å². The zero-order valence-electron chi connectivity index (χ0n) is 19.3. The lowest BCUT2D eigenvalue weighted by Gasteiger charge is -2.31. The van der Waals surface area contributed by atoms with Crippen LogP contribution in [0.15, 0.2) is 42.5 Å². The van der Waals surface area contributed by atoms with Crippen molar-refractivity contribution in [3.8, 4) is 0 Å². The van der Waals surface area contributed by atoms with Gasteiger partial charge in [0.1, 0.15) is 6.04 Å². The van der Waals surface area contributed by atoms with Gasteiger partial charge < -0.3 is 10.2 Å². The molecule has 0 bridgehead atoms. The average Bonchev–Trinajstić information content (AvgIpc) is 2.66. The summed E-state index contributed by atoms with van der Waals surface area (Å²) in [5.74, 6) is 0.266. The molecule has 0 heterocycles. The van der Waals surface area contributed by atoms with Crippen LogP contribution in [0.3, 0.4) is 0 Å². The van der Waals surface area contributed by atoms with E-state index in [1.807, 2.05) is 52.0 Å². The van der Waals surface area contributed by atoms with Gasteiger partial charge in [-0.25, -0.2) is 0 Å². The summed E-state index contributed by atoms with van der Waals surface area (Å²) in [6, 6.07) is 13.9. The van der Waals surface area contributed by atoms with Crippen LogP contribution in [0, 0.1) is 26.7 Å². The van der Waals surface area contributed by atoms with Crippen LogP contribution in [0.4, 0.5) is 0 Å². The van der Waals surface area contributed by atoms with Gasteiger partial charge in [-0.1, -0.05) is 79.9 Å². The minimum Gasteiger partial charge on any atom is -0.354 e. The van der Waals surface area contributed by atoms with Gasteiger partial charge in [-0.2, -0.15) is 0 Å². The van der Waals surface area contributed by atoms with Crippen LogP contribution in [-0.4, -0.2) is 29.3 Å². The maximum absolute atomic E-state index is 13.4. The molecule has 4 nitrogen and oxygen atoms in total. The summed E-state index contributed by atoms with van der Waals surface area (Å²) in [5, 5.41) is 3.01. The molecule has 2 aromatic rings. The van der Waals surface area contributed by atoms with Crippen LogP contribution in [0.2, 0.25) is 0 Å². The van der Waals surface area contributed by atoms with Gasteiger partial charge in [0, 0.05) is 13.1 Å². The van der Waals surface area contributed by atoms with Crippen molar-refractivity contribution in [2.75, 3.05) is 6.54 Å². The number of nitrogens with one attached hydrogen (secondary N) is 1. The SMILES string of the molecule is CC[C@@H](C(=O)NCC(C)C)N(Cc1ccc(C)cc1)C(=O)Cc1cc(C)cc(C)c1. The summed E-state index contributed by atoms with van der Waals surface area (Å²) in [4.78, 5) is 28.1. The Morgan fingerprint density at radius 2 is 1.50 bits per heavy atom. The van der Waals surface area contributed by atoms with Crippen LogP contribution in [-0.2, 0) is 22.6 Å². The van der Waals surface area contributed by atoms with Crippen LogP contribution in [0.1, 0.15) is 55.0 Å². The Morgan fingerprint density at radius 1 is 0.900 bits per heavy atom. The molecule has 4 heteroatoms. The van der Waals surface area contributed by atoms with Gasteiger partial charge in [0.15, 0.2) is 0 Å². The summed E-state index contributed by atoms with van der Waals surface area (Å²) in [6.07, 6.45) is 0.872. The van der Waals surface area contributed by atoms with E-state index in [0.717, 1.165) is 22.3 Å². The second kappa shape index (κ2) is 11.0. The van der Waals surface area contributed by atoms with Gasteiger partial charge in [0.05, 0.1) is 6.42 Å². The van der Waals surface area contributed by atoms with Crippen molar-refractivity contribution >= 4 is 11.8 Å². The quantitative estimate of drug-likeness (QED) is 0.652. The first-order valence-corrected chi connectivity index (χ1v) is 10.9. The molecule has 0 radical (unpaired) electrons. The van der Waals surface area contributed by atoms with Crippen molar-refractivity contribution in [3.05, 3.63) is 70.3 Å². The van der Waals surface area contributed by atoms with E-state index in [1.165, 1.54) is 5.56 Å². The Labute approximate surface area is 181 Å². The summed E-state index contributed by atoms with van der Waals surface area (Å²) < 4.78 is 0. The van der Waals surface area contributed by atoms with Crippen LogP contribution < -0.4 is 5.32 Å². The molecule has 0 aromatic heterocycles. The molecular weight excluding hydrogens is 372 g/mol. The number of aryl methyl sites for hydroxylation is 3. The molecule has 0 fully saturated rings. The standard InChI is InChI=1S/C26H36N2O2/c1-7-24(26(30)27-16-18(2)3)28(17-22-10-8-19(4)9-11-22)25(29)15-23-13-20(5)12-21(6)14-23/h8-14,18,24H,7,15-17H2,1-6H3,(H,27,30)/t24-/m0/s1. The minimum absolute atomic E-state index is 0.0212. The highest BCUT2D eigenvalue weighted by atomic mass is 16.2. The van der Waals surface area contributed by atoms with E-state index in [4.69, 9.17) is 0 Å². The maximum Gasteiger partial charge on any atom is 0.242 e. The first-order valence-electron chi connectivity index (χ1n) is 10.9. The van der Waals surface area contributed by atoms with Gasteiger partial charge in [0.2, 0.25) is 11.8 Å². The van der Waals surface area contributed by atoms with E-state index in [1.54, 1.807) is 4.90 Å². The molecule has 0 aliphatic rings. The van der Waals surface area contributed by atoms with E-state index < -0.39 is 6.04 Å². The number of hydrogen-bond donors (Lipinski definition) is 1. The molecule has 1 atom stereocenters. The molecule has 30 heavy (non-hydrogen) atoms. The zero-order chi connectivity index (χ0) is 22.3. The molecule has 162 valence electrons. The highest BCUT2D eigenvalue weighted by molar-refractivity contribution is 5.88. The third-order valence-corrected chi connectivity index (χ3v) is 5.18. The minimum atomic E-state index is -0.483. The van der Waals surface area contributed by atoms with Gasteiger partial charge in [-0.05, 0) is 44.2 Å². The summed E-state index contributed by atoms with van der Waals surface area (Å²) in [6.45, 7) is 13.3. The lowest BCUT2D eigenvalue weighted by molar-refractivity contribution is -0.141. The van der Waals surface area contributed by atoms with E-state index in [-0.39, 0.29) is 11.8 Å². The molecule has 2 aromatic carbocycles. The Hall–Kier alpha value is -2.62. The third-order valence-electron chi connectivity index (χ3n) is 5.18. The van der Waals surface area contributed by atoms with Gasteiger partial charge in [0.25, 0.3) is 0 Å². The normalized spacial score (nSPS) is 12.0. The predicted octanol–water partition coefficient (Wildman–Crippen LogP) is 4.73. The fraction of sp³-hybridized carbons (Fsp3) is 0.462. The van der Waals surface area contributed by atoms with E-state index in [0.29, 0.717) is 31.8 Å². The second-order valence-corrected chi connectivity index (χ2v) is 8.74. The maximum atomic E-state index is 13.4. The number of carbonyl (C=O) groups excluding carboxylic acids is 2. The van der Waals surface area contributed by atoms with Crippen LogP contribution in [0.25, 0.3) is 0 Å². The smallest absolute Gasteiger partial charge is 0.242 e. The summed E-state index contributed by atoms with van der Waals surface area (Å²) in [7, 11) is 0.